The summed E-state index contributed by atoms with van der Waals surface area (Å²) in [6.07, 6.45) is 18.6. The molecule has 4 aliphatic rings. The van der Waals surface area contributed by atoms with Crippen LogP contribution in [0.25, 0.3) is 23.3 Å². The average Bonchev–Trinajstić information content (AvgIpc) is 3.10. The second-order valence-electron chi connectivity index (χ2n) is 18.1. The van der Waals surface area contributed by atoms with Gasteiger partial charge in [0, 0.05) is 48.2 Å². The van der Waals surface area contributed by atoms with Crippen LogP contribution in [0.3, 0.4) is 0 Å². The van der Waals surface area contributed by atoms with Crippen LogP contribution in [-0.2, 0) is 9.59 Å². The van der Waals surface area contributed by atoms with E-state index in [0.717, 1.165) is 38.5 Å². The second kappa shape index (κ2) is 15.5. The third-order valence-electron chi connectivity index (χ3n) is 12.7. The number of rotatable bonds is 11. The Balaban J connectivity index is 1.48. The number of carbonyl (C=O) groups is 2. The molecular formula is C48H62O8. The molecule has 0 amide bonds. The highest BCUT2D eigenvalue weighted by atomic mass is 16.6. The van der Waals surface area contributed by atoms with E-state index in [2.05, 4.69) is 67.5 Å². The monoisotopic (exact) mass is 766 g/mol. The molecule has 2 aliphatic carbocycles. The number of benzene rings is 2. The van der Waals surface area contributed by atoms with Gasteiger partial charge >= 0.3 is 11.9 Å². The molecule has 302 valence electrons. The lowest BCUT2D eigenvalue weighted by Gasteiger charge is -2.39. The Bertz CT molecular complexity index is 1900. The lowest BCUT2D eigenvalue weighted by molar-refractivity contribution is -0.132. The average molecular weight is 767 g/mol. The molecule has 0 radical (unpaired) electrons. The van der Waals surface area contributed by atoms with Gasteiger partial charge in [0.25, 0.3) is 0 Å². The summed E-state index contributed by atoms with van der Waals surface area (Å²) < 4.78 is 37.7. The van der Waals surface area contributed by atoms with Crippen LogP contribution in [0.1, 0.15) is 145 Å². The van der Waals surface area contributed by atoms with Gasteiger partial charge in [0.05, 0.1) is 14.2 Å². The van der Waals surface area contributed by atoms with E-state index >= 15 is 0 Å². The lowest BCUT2D eigenvalue weighted by Crippen LogP contribution is -2.34. The summed E-state index contributed by atoms with van der Waals surface area (Å²) in [6.45, 7) is 20.8. The van der Waals surface area contributed by atoms with Gasteiger partial charge in [-0.15, -0.1) is 0 Å². The molecule has 0 saturated carbocycles. The van der Waals surface area contributed by atoms with Crippen LogP contribution in [0.15, 0.2) is 46.6 Å². The van der Waals surface area contributed by atoms with Crippen molar-refractivity contribution in [1.29, 1.82) is 0 Å². The molecule has 2 aromatic carbocycles. The Labute approximate surface area is 334 Å². The highest BCUT2D eigenvalue weighted by molar-refractivity contribution is 5.97. The van der Waals surface area contributed by atoms with E-state index in [1.54, 1.807) is 26.4 Å². The molecule has 2 aliphatic heterocycles. The standard InChI is InChI=1S/C48H62O8/c1-29-15-13-21-45(5,6)35(29)19-25-47(9)23-17-33-41(37(53-31(3)49)27-39(51-11)43(33)55-47)42-34-18-24-48(10,26-20-36-30(2)16-14-22-46(36,7)8)56-44(34)40(52-12)28-38(42)54-32(4)50/h17-18,23-24,27-28H,13-16,19-22,25-26H2,1-12H3/t47-,48-/m0/s1. The molecule has 2 atom stereocenters. The van der Waals surface area contributed by atoms with Crippen molar-refractivity contribution in [1.82, 2.24) is 0 Å². The maximum atomic E-state index is 12.7. The summed E-state index contributed by atoms with van der Waals surface area (Å²) in [4.78, 5) is 25.5. The summed E-state index contributed by atoms with van der Waals surface area (Å²) in [6, 6.07) is 3.36. The minimum absolute atomic E-state index is 0.147. The lowest BCUT2D eigenvalue weighted by atomic mass is 9.70. The fourth-order valence-corrected chi connectivity index (χ4v) is 9.61. The zero-order valence-electron chi connectivity index (χ0n) is 35.8. The number of methoxy groups -OCH3 is 2. The van der Waals surface area contributed by atoms with Crippen LogP contribution in [0.5, 0.6) is 34.5 Å². The summed E-state index contributed by atoms with van der Waals surface area (Å²) in [7, 11) is 3.15. The largest absolute Gasteiger partial charge is 0.493 e. The Kier molecular flexibility index (Phi) is 11.4. The summed E-state index contributed by atoms with van der Waals surface area (Å²) >= 11 is 0. The van der Waals surface area contributed by atoms with Crippen LogP contribution in [-0.4, -0.2) is 37.4 Å². The van der Waals surface area contributed by atoms with Crippen LogP contribution in [0.4, 0.5) is 0 Å². The van der Waals surface area contributed by atoms with Crippen LogP contribution >= 0.6 is 0 Å². The third kappa shape index (κ3) is 8.17. The first-order valence-corrected chi connectivity index (χ1v) is 20.3. The first-order valence-electron chi connectivity index (χ1n) is 20.3. The molecule has 8 heteroatoms. The molecule has 2 heterocycles. The van der Waals surface area contributed by atoms with E-state index in [1.165, 1.54) is 61.8 Å². The smallest absolute Gasteiger partial charge is 0.308 e. The predicted octanol–water partition coefficient (Wildman–Crippen LogP) is 12.2. The quantitative estimate of drug-likeness (QED) is 0.127. The van der Waals surface area contributed by atoms with Crippen molar-refractivity contribution in [3.05, 3.63) is 57.7 Å². The number of fused-ring (bicyclic) bond motifs is 2. The van der Waals surface area contributed by atoms with Crippen molar-refractivity contribution >= 4 is 24.1 Å². The molecule has 0 spiro atoms. The van der Waals surface area contributed by atoms with Crippen molar-refractivity contribution in [2.75, 3.05) is 14.2 Å². The Morgan fingerprint density at radius 3 is 1.32 bits per heavy atom. The van der Waals surface area contributed by atoms with Gasteiger partial charge in [0.1, 0.15) is 22.7 Å². The van der Waals surface area contributed by atoms with Gasteiger partial charge in [-0.3, -0.25) is 9.59 Å². The fraction of sp³-hybridized carbons (Fsp3) is 0.542. The number of hydrogen-bond acceptors (Lipinski definition) is 8. The summed E-state index contributed by atoms with van der Waals surface area (Å²) in [5, 5.41) is 0. The van der Waals surface area contributed by atoms with E-state index in [1.807, 2.05) is 12.2 Å². The molecule has 0 aromatic heterocycles. The summed E-state index contributed by atoms with van der Waals surface area (Å²) in [5.74, 6) is 1.33. The van der Waals surface area contributed by atoms with Crippen molar-refractivity contribution in [3.8, 4) is 45.6 Å². The topological polar surface area (TPSA) is 89.5 Å². The van der Waals surface area contributed by atoms with Crippen LogP contribution in [0.2, 0.25) is 0 Å². The molecule has 0 fully saturated rings. The molecule has 2 aromatic rings. The van der Waals surface area contributed by atoms with E-state index in [-0.39, 0.29) is 22.3 Å². The normalized spacial score (nSPS) is 23.4. The number of esters is 2. The fourth-order valence-electron chi connectivity index (χ4n) is 9.61. The zero-order chi connectivity index (χ0) is 40.8. The van der Waals surface area contributed by atoms with Crippen molar-refractivity contribution in [3.63, 3.8) is 0 Å². The van der Waals surface area contributed by atoms with Crippen molar-refractivity contribution in [2.24, 2.45) is 10.8 Å². The van der Waals surface area contributed by atoms with E-state index in [4.69, 9.17) is 28.4 Å². The number of allylic oxidation sites excluding steroid dienone is 4. The first-order chi connectivity index (χ1) is 26.3. The highest BCUT2D eigenvalue weighted by Gasteiger charge is 2.39. The number of hydrogen-bond donors (Lipinski definition) is 0. The minimum Gasteiger partial charge on any atom is -0.493 e. The molecule has 0 N–H and O–H groups in total. The van der Waals surface area contributed by atoms with Crippen LogP contribution < -0.4 is 28.4 Å². The number of carbonyl (C=O) groups excluding carboxylic acids is 2. The molecule has 6 rings (SSSR count). The van der Waals surface area contributed by atoms with Crippen molar-refractivity contribution < 1.29 is 38.0 Å². The maximum absolute atomic E-state index is 12.7. The van der Waals surface area contributed by atoms with Gasteiger partial charge in [-0.1, -0.05) is 62.1 Å². The molecule has 0 saturated heterocycles. The molecular weight excluding hydrogens is 705 g/mol. The van der Waals surface area contributed by atoms with E-state index in [9.17, 15) is 9.59 Å². The van der Waals surface area contributed by atoms with Crippen molar-refractivity contribution in [2.45, 2.75) is 145 Å². The zero-order valence-corrected chi connectivity index (χ0v) is 35.8. The Morgan fingerprint density at radius 1 is 0.625 bits per heavy atom. The SMILES string of the molecule is COc1cc(OC(C)=O)c(-c2c(OC(C)=O)cc(OC)c3c2C=C[C@@](C)(CCC2=C(C)CCCC2(C)C)O3)c2c1O[C@](C)(CCC1=C(C)CCCC1(C)C)C=C2. The van der Waals surface area contributed by atoms with E-state index in [0.29, 0.717) is 45.3 Å². The van der Waals surface area contributed by atoms with Gasteiger partial charge in [-0.2, -0.15) is 0 Å². The minimum atomic E-state index is -0.648. The molecule has 0 bridgehead atoms. The molecule has 0 unspecified atom stereocenters. The number of ether oxygens (including phenoxy) is 6. The third-order valence-corrected chi connectivity index (χ3v) is 12.7. The predicted molar refractivity (Wildman–Crippen MR) is 223 cm³/mol. The van der Waals surface area contributed by atoms with Crippen LogP contribution in [0, 0.1) is 10.8 Å². The molecule has 56 heavy (non-hydrogen) atoms. The Hall–Kier alpha value is -4.46. The van der Waals surface area contributed by atoms with Gasteiger partial charge < -0.3 is 28.4 Å². The Morgan fingerprint density at radius 2 is 1.00 bits per heavy atom. The highest BCUT2D eigenvalue weighted by Crippen LogP contribution is 2.57. The summed E-state index contributed by atoms with van der Waals surface area (Å²) in [5.41, 5.74) is 7.27. The second-order valence-corrected chi connectivity index (χ2v) is 18.1. The first kappa shape index (κ1) is 41.2. The van der Waals surface area contributed by atoms with E-state index < -0.39 is 23.1 Å². The van der Waals surface area contributed by atoms with Gasteiger partial charge in [0.2, 0.25) is 0 Å². The molecule has 8 nitrogen and oxygen atoms in total. The van der Waals surface area contributed by atoms with Gasteiger partial charge in [0.15, 0.2) is 23.0 Å². The van der Waals surface area contributed by atoms with Gasteiger partial charge in [-0.05, 0) is 115 Å². The maximum Gasteiger partial charge on any atom is 0.308 e. The van der Waals surface area contributed by atoms with Gasteiger partial charge in [-0.25, -0.2) is 0 Å².